The zero-order valence-corrected chi connectivity index (χ0v) is 9.93. The molecular weight excluding hydrogens is 206 g/mol. The Balaban J connectivity index is 2.13. The van der Waals surface area contributed by atoms with E-state index in [2.05, 4.69) is 11.9 Å². The van der Waals surface area contributed by atoms with E-state index < -0.39 is 0 Å². The minimum Gasteiger partial charge on any atom is -0.300 e. The standard InChI is InChI=1S/C12H17NOS/c1-2-3-9-4-5-10(14)8-11(9)12-13-6-7-15-12/h6-7,9,11H,2-5,8H2,1H3. The molecule has 1 aliphatic rings. The van der Waals surface area contributed by atoms with Crippen molar-refractivity contribution in [2.75, 3.05) is 0 Å². The molecule has 0 saturated heterocycles. The molecule has 2 nitrogen and oxygen atoms in total. The molecule has 3 heteroatoms. The summed E-state index contributed by atoms with van der Waals surface area (Å²) in [5.74, 6) is 1.51. The Morgan fingerprint density at radius 2 is 2.47 bits per heavy atom. The number of nitrogens with zero attached hydrogens (tertiary/aromatic N) is 1. The molecule has 0 radical (unpaired) electrons. The average Bonchev–Trinajstić information content (AvgIpc) is 2.74. The van der Waals surface area contributed by atoms with Crippen molar-refractivity contribution in [1.29, 1.82) is 0 Å². The van der Waals surface area contributed by atoms with Crippen LogP contribution in [0.1, 0.15) is 50.0 Å². The van der Waals surface area contributed by atoms with Gasteiger partial charge in [-0.05, 0) is 12.3 Å². The fourth-order valence-electron chi connectivity index (χ4n) is 2.48. The largest absolute Gasteiger partial charge is 0.300 e. The second kappa shape index (κ2) is 4.88. The van der Waals surface area contributed by atoms with Gasteiger partial charge in [-0.3, -0.25) is 4.79 Å². The van der Waals surface area contributed by atoms with E-state index in [0.717, 1.165) is 19.3 Å². The van der Waals surface area contributed by atoms with Gasteiger partial charge >= 0.3 is 0 Å². The number of aromatic nitrogens is 1. The minimum atomic E-state index is 0.409. The number of rotatable bonds is 3. The first-order valence-corrected chi connectivity index (χ1v) is 6.60. The molecule has 1 aromatic heterocycles. The van der Waals surface area contributed by atoms with Crippen LogP contribution in [-0.4, -0.2) is 10.8 Å². The molecule has 1 aromatic rings. The zero-order valence-electron chi connectivity index (χ0n) is 9.11. The summed E-state index contributed by atoms with van der Waals surface area (Å²) in [7, 11) is 0. The van der Waals surface area contributed by atoms with Gasteiger partial charge in [0.1, 0.15) is 5.78 Å². The lowest BCUT2D eigenvalue weighted by atomic mass is 9.77. The predicted molar refractivity (Wildman–Crippen MR) is 62.1 cm³/mol. The highest BCUT2D eigenvalue weighted by Crippen LogP contribution is 2.39. The van der Waals surface area contributed by atoms with E-state index in [1.54, 1.807) is 11.3 Å². The van der Waals surface area contributed by atoms with Crippen LogP contribution in [0.4, 0.5) is 0 Å². The lowest BCUT2D eigenvalue weighted by Crippen LogP contribution is -2.23. The molecule has 2 rings (SSSR count). The van der Waals surface area contributed by atoms with Gasteiger partial charge in [0.05, 0.1) is 5.01 Å². The van der Waals surface area contributed by atoms with Crippen molar-refractivity contribution in [3.63, 3.8) is 0 Å². The van der Waals surface area contributed by atoms with Crippen LogP contribution in [0.2, 0.25) is 0 Å². The Hall–Kier alpha value is -0.700. The van der Waals surface area contributed by atoms with Crippen molar-refractivity contribution in [2.45, 2.75) is 44.9 Å². The Bertz CT molecular complexity index is 320. The lowest BCUT2D eigenvalue weighted by Gasteiger charge is -2.29. The highest BCUT2D eigenvalue weighted by molar-refractivity contribution is 7.09. The van der Waals surface area contributed by atoms with Gasteiger partial charge < -0.3 is 0 Å². The maximum Gasteiger partial charge on any atom is 0.133 e. The summed E-state index contributed by atoms with van der Waals surface area (Å²) in [6.45, 7) is 2.22. The summed E-state index contributed by atoms with van der Waals surface area (Å²) in [6.07, 6.45) is 6.86. The van der Waals surface area contributed by atoms with Crippen LogP contribution in [0, 0.1) is 5.92 Å². The Morgan fingerprint density at radius 3 is 3.13 bits per heavy atom. The maximum absolute atomic E-state index is 11.5. The van der Waals surface area contributed by atoms with Gasteiger partial charge in [-0.2, -0.15) is 0 Å². The first kappa shape index (κ1) is 10.8. The number of carbonyl (C=O) groups is 1. The lowest BCUT2D eigenvalue weighted by molar-refractivity contribution is -0.121. The normalized spacial score (nSPS) is 26.9. The van der Waals surface area contributed by atoms with Crippen LogP contribution in [0.3, 0.4) is 0 Å². The van der Waals surface area contributed by atoms with Gasteiger partial charge in [-0.25, -0.2) is 4.98 Å². The van der Waals surface area contributed by atoms with Crippen LogP contribution in [-0.2, 0) is 4.79 Å². The third kappa shape index (κ3) is 2.46. The molecular formula is C12H17NOS. The average molecular weight is 223 g/mol. The Labute approximate surface area is 94.7 Å². The molecule has 0 spiro atoms. The van der Waals surface area contributed by atoms with Gasteiger partial charge in [0.2, 0.25) is 0 Å². The van der Waals surface area contributed by atoms with Gasteiger partial charge in [0, 0.05) is 30.3 Å². The summed E-state index contributed by atoms with van der Waals surface area (Å²) >= 11 is 1.70. The second-order valence-electron chi connectivity index (χ2n) is 4.31. The van der Waals surface area contributed by atoms with Crippen LogP contribution in [0.5, 0.6) is 0 Å². The van der Waals surface area contributed by atoms with Crippen molar-refractivity contribution in [2.24, 2.45) is 5.92 Å². The molecule has 0 amide bonds. The first-order chi connectivity index (χ1) is 7.31. The molecule has 1 aliphatic carbocycles. The van der Waals surface area contributed by atoms with E-state index in [9.17, 15) is 4.79 Å². The van der Waals surface area contributed by atoms with Crippen molar-refractivity contribution >= 4 is 17.1 Å². The molecule has 0 N–H and O–H groups in total. The van der Waals surface area contributed by atoms with Crippen LogP contribution in [0.25, 0.3) is 0 Å². The molecule has 15 heavy (non-hydrogen) atoms. The Morgan fingerprint density at radius 1 is 1.60 bits per heavy atom. The maximum atomic E-state index is 11.5. The fourth-order valence-corrected chi connectivity index (χ4v) is 3.32. The first-order valence-electron chi connectivity index (χ1n) is 5.72. The molecule has 0 aromatic carbocycles. The number of thiazole rings is 1. The summed E-state index contributed by atoms with van der Waals surface area (Å²) < 4.78 is 0. The smallest absolute Gasteiger partial charge is 0.133 e. The summed E-state index contributed by atoms with van der Waals surface area (Å²) in [4.78, 5) is 15.9. The second-order valence-corrected chi connectivity index (χ2v) is 5.23. The summed E-state index contributed by atoms with van der Waals surface area (Å²) in [6, 6.07) is 0. The monoisotopic (exact) mass is 223 g/mol. The third-order valence-corrected chi connectivity index (χ3v) is 4.15. The number of carbonyl (C=O) groups excluding carboxylic acids is 1. The van der Waals surface area contributed by atoms with E-state index in [0.29, 0.717) is 17.6 Å². The van der Waals surface area contributed by atoms with E-state index >= 15 is 0 Å². The number of hydrogen-bond donors (Lipinski definition) is 0. The van der Waals surface area contributed by atoms with Gasteiger partial charge in [-0.15, -0.1) is 11.3 Å². The van der Waals surface area contributed by atoms with E-state index in [-0.39, 0.29) is 0 Å². The Kier molecular flexibility index (Phi) is 3.52. The van der Waals surface area contributed by atoms with Gasteiger partial charge in [0.15, 0.2) is 0 Å². The van der Waals surface area contributed by atoms with Crippen molar-refractivity contribution in [3.05, 3.63) is 16.6 Å². The molecule has 2 unspecified atom stereocenters. The molecule has 0 aliphatic heterocycles. The van der Waals surface area contributed by atoms with Crippen LogP contribution in [0.15, 0.2) is 11.6 Å². The van der Waals surface area contributed by atoms with E-state index in [1.165, 1.54) is 17.8 Å². The molecule has 0 bridgehead atoms. The van der Waals surface area contributed by atoms with Crippen molar-refractivity contribution < 1.29 is 4.79 Å². The zero-order chi connectivity index (χ0) is 10.7. The van der Waals surface area contributed by atoms with Crippen LogP contribution < -0.4 is 0 Å². The predicted octanol–water partition coefficient (Wildman–Crippen LogP) is 3.40. The SMILES string of the molecule is CCCC1CCC(=O)CC1c1nccs1. The van der Waals surface area contributed by atoms with Crippen molar-refractivity contribution in [1.82, 2.24) is 4.98 Å². The van der Waals surface area contributed by atoms with Crippen LogP contribution >= 0.6 is 11.3 Å². The molecule has 1 fully saturated rings. The highest BCUT2D eigenvalue weighted by Gasteiger charge is 2.31. The number of Topliss-reactive ketones (excluding diaryl/α,β-unsaturated/α-hetero) is 1. The molecule has 82 valence electrons. The number of hydrogen-bond acceptors (Lipinski definition) is 3. The quantitative estimate of drug-likeness (QED) is 0.786. The molecule has 1 heterocycles. The highest BCUT2D eigenvalue weighted by atomic mass is 32.1. The fraction of sp³-hybridized carbons (Fsp3) is 0.667. The summed E-state index contributed by atoms with van der Waals surface area (Å²) in [5, 5.41) is 3.18. The van der Waals surface area contributed by atoms with Crippen molar-refractivity contribution in [3.8, 4) is 0 Å². The van der Waals surface area contributed by atoms with E-state index in [1.807, 2.05) is 11.6 Å². The summed E-state index contributed by atoms with van der Waals surface area (Å²) in [5.41, 5.74) is 0. The molecule has 1 saturated carbocycles. The topological polar surface area (TPSA) is 30.0 Å². The number of ketones is 1. The van der Waals surface area contributed by atoms with Gasteiger partial charge in [-0.1, -0.05) is 19.8 Å². The minimum absolute atomic E-state index is 0.409. The van der Waals surface area contributed by atoms with Gasteiger partial charge in [0.25, 0.3) is 0 Å². The molecule has 2 atom stereocenters. The van der Waals surface area contributed by atoms with E-state index in [4.69, 9.17) is 0 Å². The third-order valence-electron chi connectivity index (χ3n) is 3.24.